The quantitative estimate of drug-likeness (QED) is 0.333. The van der Waals surface area contributed by atoms with Crippen molar-refractivity contribution in [2.75, 3.05) is 6.61 Å². The van der Waals surface area contributed by atoms with Crippen molar-refractivity contribution >= 4 is 23.9 Å². The van der Waals surface area contributed by atoms with Gasteiger partial charge < -0.3 is 15.4 Å². The first-order valence-electron chi connectivity index (χ1n) is 10.1. The fraction of sp³-hybridized carbons (Fsp3) is 0.524. The monoisotopic (exact) mass is 402 g/mol. The van der Waals surface area contributed by atoms with E-state index in [1.54, 1.807) is 24.3 Å². The number of rotatable bonds is 9. The third kappa shape index (κ3) is 9.23. The van der Waals surface area contributed by atoms with Gasteiger partial charge in [-0.1, -0.05) is 19.3 Å². The van der Waals surface area contributed by atoms with E-state index in [-0.39, 0.29) is 36.9 Å². The summed E-state index contributed by atoms with van der Waals surface area (Å²) in [4.78, 5) is 35.3. The number of carbonyl (C=O) groups is 3. The van der Waals surface area contributed by atoms with Crippen LogP contribution < -0.4 is 20.8 Å². The SMILES string of the molecule is CC(C)NC(=O)COc1ccc(/C=N/NC(=O)CC(=O)NC2CCCCC2)cc1. The lowest BCUT2D eigenvalue weighted by molar-refractivity contribution is -0.129. The first-order chi connectivity index (χ1) is 13.9. The number of nitrogens with zero attached hydrogens (tertiary/aromatic N) is 1. The molecule has 29 heavy (non-hydrogen) atoms. The lowest BCUT2D eigenvalue weighted by Gasteiger charge is -2.22. The van der Waals surface area contributed by atoms with Crippen molar-refractivity contribution in [3.05, 3.63) is 29.8 Å². The smallest absolute Gasteiger partial charge is 0.258 e. The molecule has 8 nitrogen and oxygen atoms in total. The van der Waals surface area contributed by atoms with Crippen LogP contribution in [-0.2, 0) is 14.4 Å². The Labute approximate surface area is 171 Å². The van der Waals surface area contributed by atoms with Gasteiger partial charge in [-0.2, -0.15) is 5.10 Å². The molecule has 158 valence electrons. The molecule has 1 aromatic rings. The average molecular weight is 402 g/mol. The first kappa shape index (κ1) is 22.4. The summed E-state index contributed by atoms with van der Waals surface area (Å²) >= 11 is 0. The van der Waals surface area contributed by atoms with Crippen LogP contribution in [0.4, 0.5) is 0 Å². The van der Waals surface area contributed by atoms with Crippen LogP contribution in [0.25, 0.3) is 0 Å². The average Bonchev–Trinajstić information content (AvgIpc) is 2.67. The predicted molar refractivity (Wildman–Crippen MR) is 111 cm³/mol. The summed E-state index contributed by atoms with van der Waals surface area (Å²) in [5, 5.41) is 9.51. The molecule has 0 bridgehead atoms. The Bertz CT molecular complexity index is 710. The first-order valence-corrected chi connectivity index (χ1v) is 10.1. The molecule has 0 unspecified atom stereocenters. The van der Waals surface area contributed by atoms with Crippen LogP contribution in [0.1, 0.15) is 57.9 Å². The van der Waals surface area contributed by atoms with E-state index in [2.05, 4.69) is 21.2 Å². The van der Waals surface area contributed by atoms with Crippen LogP contribution >= 0.6 is 0 Å². The molecule has 3 N–H and O–H groups in total. The lowest BCUT2D eigenvalue weighted by atomic mass is 9.95. The highest BCUT2D eigenvalue weighted by molar-refractivity contribution is 5.97. The van der Waals surface area contributed by atoms with Crippen molar-refractivity contribution in [1.29, 1.82) is 0 Å². The highest BCUT2D eigenvalue weighted by Gasteiger charge is 2.17. The van der Waals surface area contributed by atoms with E-state index in [1.165, 1.54) is 12.6 Å². The third-order valence-electron chi connectivity index (χ3n) is 4.39. The Morgan fingerprint density at radius 1 is 1.07 bits per heavy atom. The van der Waals surface area contributed by atoms with E-state index in [1.807, 2.05) is 13.8 Å². The van der Waals surface area contributed by atoms with Gasteiger partial charge >= 0.3 is 0 Å². The van der Waals surface area contributed by atoms with Gasteiger partial charge in [-0.3, -0.25) is 14.4 Å². The van der Waals surface area contributed by atoms with Crippen LogP contribution in [0.2, 0.25) is 0 Å². The normalized spacial score (nSPS) is 14.6. The van der Waals surface area contributed by atoms with E-state index in [9.17, 15) is 14.4 Å². The Morgan fingerprint density at radius 2 is 1.76 bits per heavy atom. The van der Waals surface area contributed by atoms with E-state index in [0.717, 1.165) is 31.2 Å². The summed E-state index contributed by atoms with van der Waals surface area (Å²) in [6.07, 6.45) is 6.65. The minimum Gasteiger partial charge on any atom is -0.484 e. The molecular formula is C21H30N4O4. The van der Waals surface area contributed by atoms with Crippen LogP contribution in [-0.4, -0.2) is 42.6 Å². The highest BCUT2D eigenvalue weighted by atomic mass is 16.5. The molecule has 0 heterocycles. The van der Waals surface area contributed by atoms with E-state index in [4.69, 9.17) is 4.74 Å². The second-order valence-electron chi connectivity index (χ2n) is 7.45. The largest absolute Gasteiger partial charge is 0.484 e. The highest BCUT2D eigenvalue weighted by Crippen LogP contribution is 2.17. The molecule has 0 spiro atoms. The van der Waals surface area contributed by atoms with Crippen LogP contribution in [0.3, 0.4) is 0 Å². The number of amides is 3. The van der Waals surface area contributed by atoms with Gasteiger partial charge in [-0.25, -0.2) is 5.43 Å². The second kappa shape index (κ2) is 11.8. The van der Waals surface area contributed by atoms with E-state index in [0.29, 0.717) is 5.75 Å². The standard InChI is InChI=1S/C21H30N4O4/c1-15(2)23-21(28)14-29-18-10-8-16(9-11-18)13-22-25-20(27)12-19(26)24-17-6-4-3-5-7-17/h8-11,13,15,17H,3-7,12,14H2,1-2H3,(H,23,28)(H,24,26)(H,25,27)/b22-13+. The Kier molecular flexibility index (Phi) is 9.14. The maximum absolute atomic E-state index is 11.9. The topological polar surface area (TPSA) is 109 Å². The van der Waals surface area contributed by atoms with Gasteiger partial charge in [0.25, 0.3) is 5.91 Å². The molecule has 1 aliphatic rings. The number of nitrogens with one attached hydrogen (secondary N) is 3. The number of carbonyl (C=O) groups excluding carboxylic acids is 3. The number of benzene rings is 1. The Morgan fingerprint density at radius 3 is 2.41 bits per heavy atom. The molecule has 0 aromatic heterocycles. The Hall–Kier alpha value is -2.90. The van der Waals surface area contributed by atoms with Crippen molar-refractivity contribution in [3.63, 3.8) is 0 Å². The zero-order chi connectivity index (χ0) is 21.1. The summed E-state index contributed by atoms with van der Waals surface area (Å²) in [6.45, 7) is 3.71. The minimum absolute atomic E-state index is 0.0510. The molecule has 1 aromatic carbocycles. The van der Waals surface area contributed by atoms with Crippen molar-refractivity contribution in [2.45, 2.75) is 64.5 Å². The molecular weight excluding hydrogens is 372 g/mol. The lowest BCUT2D eigenvalue weighted by Crippen LogP contribution is -2.38. The maximum Gasteiger partial charge on any atom is 0.258 e. The molecule has 1 aliphatic carbocycles. The maximum atomic E-state index is 11.9. The third-order valence-corrected chi connectivity index (χ3v) is 4.39. The number of hydrazone groups is 1. The summed E-state index contributed by atoms with van der Waals surface area (Å²) in [7, 11) is 0. The summed E-state index contributed by atoms with van der Waals surface area (Å²) < 4.78 is 5.40. The molecule has 0 saturated heterocycles. The van der Waals surface area contributed by atoms with Crippen LogP contribution in [0.5, 0.6) is 5.75 Å². The molecule has 1 fully saturated rings. The predicted octanol–water partition coefficient (Wildman–Crippen LogP) is 1.88. The number of hydrogen-bond acceptors (Lipinski definition) is 5. The zero-order valence-electron chi connectivity index (χ0n) is 17.1. The number of hydrogen-bond donors (Lipinski definition) is 3. The number of ether oxygens (including phenoxy) is 1. The van der Waals surface area contributed by atoms with Gasteiger partial charge in [0.05, 0.1) is 6.21 Å². The zero-order valence-corrected chi connectivity index (χ0v) is 17.1. The summed E-state index contributed by atoms with van der Waals surface area (Å²) in [6, 6.07) is 7.18. The van der Waals surface area contributed by atoms with Crippen LogP contribution in [0.15, 0.2) is 29.4 Å². The van der Waals surface area contributed by atoms with Crippen molar-refractivity contribution in [1.82, 2.24) is 16.1 Å². The summed E-state index contributed by atoms with van der Waals surface area (Å²) in [5.74, 6) is -0.344. The van der Waals surface area contributed by atoms with Crippen molar-refractivity contribution in [2.24, 2.45) is 5.10 Å². The molecule has 1 saturated carbocycles. The van der Waals surface area contributed by atoms with Crippen molar-refractivity contribution in [3.8, 4) is 5.75 Å². The molecule has 8 heteroatoms. The molecule has 0 atom stereocenters. The van der Waals surface area contributed by atoms with Gasteiger partial charge in [-0.05, 0) is 56.5 Å². The van der Waals surface area contributed by atoms with Crippen molar-refractivity contribution < 1.29 is 19.1 Å². The molecule has 3 amide bonds. The van der Waals surface area contributed by atoms with Gasteiger partial charge in [0.2, 0.25) is 11.8 Å². The fourth-order valence-corrected chi connectivity index (χ4v) is 3.05. The molecule has 0 radical (unpaired) electrons. The van der Waals surface area contributed by atoms with Gasteiger partial charge in [0, 0.05) is 12.1 Å². The van der Waals surface area contributed by atoms with Gasteiger partial charge in [0.1, 0.15) is 12.2 Å². The van der Waals surface area contributed by atoms with Gasteiger partial charge in [0.15, 0.2) is 6.61 Å². The summed E-state index contributed by atoms with van der Waals surface area (Å²) in [5.41, 5.74) is 3.10. The fourth-order valence-electron chi connectivity index (χ4n) is 3.05. The molecule has 2 rings (SSSR count). The Balaban J connectivity index is 1.68. The van der Waals surface area contributed by atoms with Gasteiger partial charge in [-0.15, -0.1) is 0 Å². The minimum atomic E-state index is -0.453. The molecule has 0 aliphatic heterocycles. The van der Waals surface area contributed by atoms with Crippen LogP contribution in [0, 0.1) is 0 Å². The van der Waals surface area contributed by atoms with E-state index >= 15 is 0 Å². The van der Waals surface area contributed by atoms with E-state index < -0.39 is 5.91 Å². The second-order valence-corrected chi connectivity index (χ2v) is 7.45.